The van der Waals surface area contributed by atoms with E-state index in [-0.39, 0.29) is 17.9 Å². The molecule has 0 aromatic heterocycles. The highest BCUT2D eigenvalue weighted by atomic mass is 16.5. The molecule has 2 amide bonds. The molecule has 2 aromatic carbocycles. The van der Waals surface area contributed by atoms with Crippen molar-refractivity contribution in [2.24, 2.45) is 0 Å². The van der Waals surface area contributed by atoms with Crippen molar-refractivity contribution < 1.29 is 19.1 Å². The molecule has 0 fully saturated rings. The minimum Gasteiger partial charge on any atom is -0.497 e. The van der Waals surface area contributed by atoms with E-state index in [0.717, 1.165) is 23.5 Å². The van der Waals surface area contributed by atoms with E-state index in [1.54, 1.807) is 12.0 Å². The number of methoxy groups -OCH3 is 1. The molecule has 6 nitrogen and oxygen atoms in total. The maximum Gasteiger partial charge on any atom is 0.243 e. The maximum atomic E-state index is 13.3. The Hall–Kier alpha value is -3.02. The van der Waals surface area contributed by atoms with Gasteiger partial charge in [-0.25, -0.2) is 0 Å². The molecule has 0 heterocycles. The summed E-state index contributed by atoms with van der Waals surface area (Å²) in [7, 11) is 1.62. The molecule has 0 spiro atoms. The molecule has 1 N–H and O–H groups in total. The van der Waals surface area contributed by atoms with Crippen LogP contribution in [-0.2, 0) is 16.1 Å². The Morgan fingerprint density at radius 3 is 2.39 bits per heavy atom. The van der Waals surface area contributed by atoms with Gasteiger partial charge in [-0.1, -0.05) is 43.7 Å². The van der Waals surface area contributed by atoms with E-state index in [1.807, 2.05) is 76.2 Å². The maximum absolute atomic E-state index is 13.3. The molecule has 0 aliphatic carbocycles. The number of aryl methyl sites for hydroxylation is 1. The van der Waals surface area contributed by atoms with Crippen LogP contribution in [0, 0.1) is 6.92 Å². The summed E-state index contributed by atoms with van der Waals surface area (Å²) in [6, 6.07) is 15.0. The molecule has 0 unspecified atom stereocenters. The third-order valence-electron chi connectivity index (χ3n) is 5.70. The van der Waals surface area contributed by atoms with E-state index >= 15 is 0 Å². The van der Waals surface area contributed by atoms with Crippen LogP contribution in [0.4, 0.5) is 0 Å². The molecule has 0 bridgehead atoms. The van der Waals surface area contributed by atoms with Gasteiger partial charge in [0.1, 0.15) is 17.5 Å². The second-order valence-electron chi connectivity index (χ2n) is 8.38. The summed E-state index contributed by atoms with van der Waals surface area (Å²) in [5.41, 5.74) is 2.10. The number of ether oxygens (including phenoxy) is 2. The van der Waals surface area contributed by atoms with Crippen molar-refractivity contribution in [1.29, 1.82) is 0 Å². The number of carbonyl (C=O) groups excluding carboxylic acids is 2. The highest BCUT2D eigenvalue weighted by Crippen LogP contribution is 2.19. The lowest BCUT2D eigenvalue weighted by atomic mass is 10.1. The zero-order valence-corrected chi connectivity index (χ0v) is 20.6. The molecule has 0 aliphatic heterocycles. The second kappa shape index (κ2) is 13.5. The molecule has 180 valence electrons. The van der Waals surface area contributed by atoms with Gasteiger partial charge in [0.2, 0.25) is 11.8 Å². The Morgan fingerprint density at radius 2 is 1.76 bits per heavy atom. The SMILES string of the molecule is CC[C@H](C(=O)N[C@@H](C)CC)N(Cc1cccc(OC)c1)C(=O)CCCOc1ccc(C)cc1. The number of benzene rings is 2. The first-order valence-corrected chi connectivity index (χ1v) is 11.8. The number of amides is 2. The van der Waals surface area contributed by atoms with Gasteiger partial charge in [-0.15, -0.1) is 0 Å². The fraction of sp³-hybridized carbons (Fsp3) is 0.481. The average Bonchev–Trinajstić information content (AvgIpc) is 2.82. The Morgan fingerprint density at radius 1 is 1.03 bits per heavy atom. The van der Waals surface area contributed by atoms with E-state index < -0.39 is 6.04 Å². The highest BCUT2D eigenvalue weighted by Gasteiger charge is 2.29. The largest absolute Gasteiger partial charge is 0.497 e. The summed E-state index contributed by atoms with van der Waals surface area (Å²) >= 11 is 0. The third kappa shape index (κ3) is 8.44. The third-order valence-corrected chi connectivity index (χ3v) is 5.70. The first kappa shape index (κ1) is 26.2. The first-order valence-electron chi connectivity index (χ1n) is 11.8. The van der Waals surface area contributed by atoms with Crippen LogP contribution in [-0.4, -0.2) is 42.5 Å². The van der Waals surface area contributed by atoms with Crippen LogP contribution in [0.15, 0.2) is 48.5 Å². The summed E-state index contributed by atoms with van der Waals surface area (Å²) < 4.78 is 11.1. The van der Waals surface area contributed by atoms with Gasteiger partial charge < -0.3 is 19.7 Å². The Bertz CT molecular complexity index is 882. The fourth-order valence-electron chi connectivity index (χ4n) is 3.52. The molecule has 0 radical (unpaired) electrons. The van der Waals surface area contributed by atoms with Crippen LogP contribution in [0.5, 0.6) is 11.5 Å². The number of rotatable bonds is 13. The number of nitrogens with zero attached hydrogens (tertiary/aromatic N) is 1. The molecule has 2 rings (SSSR count). The van der Waals surface area contributed by atoms with E-state index in [2.05, 4.69) is 5.32 Å². The van der Waals surface area contributed by atoms with Crippen LogP contribution in [0.2, 0.25) is 0 Å². The van der Waals surface area contributed by atoms with Gasteiger partial charge in [-0.3, -0.25) is 9.59 Å². The molecular formula is C27H38N2O4. The topological polar surface area (TPSA) is 67.9 Å². The van der Waals surface area contributed by atoms with E-state index in [4.69, 9.17) is 9.47 Å². The van der Waals surface area contributed by atoms with E-state index in [9.17, 15) is 9.59 Å². The number of carbonyl (C=O) groups is 2. The summed E-state index contributed by atoms with van der Waals surface area (Å²) in [6.07, 6.45) is 2.26. The number of hydrogen-bond donors (Lipinski definition) is 1. The monoisotopic (exact) mass is 454 g/mol. The van der Waals surface area contributed by atoms with Crippen molar-refractivity contribution in [3.05, 3.63) is 59.7 Å². The standard InChI is InChI=1S/C27H38N2O4/c1-6-21(4)28-27(31)25(7-2)29(19-22-10-8-11-24(18-22)32-5)26(30)12-9-17-33-23-15-13-20(3)14-16-23/h8,10-11,13-16,18,21,25H,6-7,9,12,17,19H2,1-5H3,(H,28,31)/t21-,25+/m0/s1. The molecular weight excluding hydrogens is 416 g/mol. The normalized spacial score (nSPS) is 12.5. The second-order valence-corrected chi connectivity index (χ2v) is 8.38. The van der Waals surface area contributed by atoms with Crippen LogP contribution in [0.3, 0.4) is 0 Å². The van der Waals surface area contributed by atoms with E-state index in [1.165, 1.54) is 5.56 Å². The Balaban J connectivity index is 2.09. The summed E-state index contributed by atoms with van der Waals surface area (Å²) in [6.45, 7) is 8.76. The van der Waals surface area contributed by atoms with E-state index in [0.29, 0.717) is 32.4 Å². The lowest BCUT2D eigenvalue weighted by Crippen LogP contribution is -2.50. The average molecular weight is 455 g/mol. The lowest BCUT2D eigenvalue weighted by Gasteiger charge is -2.31. The quantitative estimate of drug-likeness (QED) is 0.438. The summed E-state index contributed by atoms with van der Waals surface area (Å²) in [5.74, 6) is 1.35. The summed E-state index contributed by atoms with van der Waals surface area (Å²) in [4.78, 5) is 28.0. The van der Waals surface area contributed by atoms with Gasteiger partial charge in [0.25, 0.3) is 0 Å². The van der Waals surface area contributed by atoms with Crippen molar-refractivity contribution in [2.45, 2.75) is 72.0 Å². The molecule has 33 heavy (non-hydrogen) atoms. The molecule has 0 aliphatic rings. The van der Waals surface area contributed by atoms with Crippen molar-refractivity contribution in [3.8, 4) is 11.5 Å². The smallest absolute Gasteiger partial charge is 0.243 e. The fourth-order valence-corrected chi connectivity index (χ4v) is 3.52. The van der Waals surface area contributed by atoms with Gasteiger partial charge in [-0.05, 0) is 62.9 Å². The minimum absolute atomic E-state index is 0.0585. The Kier molecular flexibility index (Phi) is 10.7. The van der Waals surface area contributed by atoms with Crippen molar-refractivity contribution in [2.75, 3.05) is 13.7 Å². The van der Waals surface area contributed by atoms with Crippen molar-refractivity contribution >= 4 is 11.8 Å². The number of nitrogens with one attached hydrogen (secondary N) is 1. The molecule has 2 atom stereocenters. The molecule has 2 aromatic rings. The van der Waals surface area contributed by atoms with Gasteiger partial charge in [0, 0.05) is 19.0 Å². The first-order chi connectivity index (χ1) is 15.9. The lowest BCUT2D eigenvalue weighted by molar-refractivity contribution is -0.141. The van der Waals surface area contributed by atoms with Crippen LogP contribution < -0.4 is 14.8 Å². The van der Waals surface area contributed by atoms with Gasteiger partial charge in [0.05, 0.1) is 13.7 Å². The predicted molar refractivity (Wildman–Crippen MR) is 131 cm³/mol. The van der Waals surface area contributed by atoms with Crippen molar-refractivity contribution in [1.82, 2.24) is 10.2 Å². The molecule has 6 heteroatoms. The van der Waals surface area contributed by atoms with Gasteiger partial charge in [-0.2, -0.15) is 0 Å². The van der Waals surface area contributed by atoms with Crippen LogP contribution in [0.25, 0.3) is 0 Å². The van der Waals surface area contributed by atoms with Crippen LogP contribution in [0.1, 0.15) is 57.6 Å². The zero-order valence-electron chi connectivity index (χ0n) is 20.6. The predicted octanol–water partition coefficient (Wildman–Crippen LogP) is 4.88. The Labute approximate surface area is 198 Å². The van der Waals surface area contributed by atoms with Crippen LogP contribution >= 0.6 is 0 Å². The van der Waals surface area contributed by atoms with Gasteiger partial charge >= 0.3 is 0 Å². The minimum atomic E-state index is -0.532. The zero-order chi connectivity index (χ0) is 24.2. The highest BCUT2D eigenvalue weighted by molar-refractivity contribution is 5.87. The number of hydrogen-bond acceptors (Lipinski definition) is 4. The van der Waals surface area contributed by atoms with Gasteiger partial charge in [0.15, 0.2) is 0 Å². The molecule has 0 saturated carbocycles. The summed E-state index contributed by atoms with van der Waals surface area (Å²) in [5, 5.41) is 3.04. The van der Waals surface area contributed by atoms with Crippen molar-refractivity contribution in [3.63, 3.8) is 0 Å². The molecule has 0 saturated heterocycles.